The second-order valence-corrected chi connectivity index (χ2v) is 4.79. The van der Waals surface area contributed by atoms with Gasteiger partial charge in [-0.2, -0.15) is 0 Å². The number of likely N-dealkylation sites (N-methyl/N-ethyl adjacent to an activating group) is 1. The van der Waals surface area contributed by atoms with E-state index in [2.05, 4.69) is 17.3 Å². The Kier molecular flexibility index (Phi) is 2.58. The minimum Gasteiger partial charge on any atom is -0.387 e. The monoisotopic (exact) mass is 184 g/mol. The molecule has 1 aliphatic carbocycles. The summed E-state index contributed by atoms with van der Waals surface area (Å²) in [6.07, 6.45) is 3.68. The Hall–Kier alpha value is -0.120. The third kappa shape index (κ3) is 2.66. The summed E-state index contributed by atoms with van der Waals surface area (Å²) in [5, 5.41) is 13.3. The lowest BCUT2D eigenvalue weighted by atomic mass is 10.0. The predicted octanol–water partition coefficient (Wildman–Crippen LogP) is 0.0526. The van der Waals surface area contributed by atoms with Crippen LogP contribution in [0.15, 0.2) is 0 Å². The molecule has 2 fully saturated rings. The van der Waals surface area contributed by atoms with E-state index in [0.717, 1.165) is 32.0 Å². The van der Waals surface area contributed by atoms with Crippen molar-refractivity contribution in [3.63, 3.8) is 0 Å². The summed E-state index contributed by atoms with van der Waals surface area (Å²) >= 11 is 0. The van der Waals surface area contributed by atoms with Crippen molar-refractivity contribution in [2.24, 2.45) is 5.92 Å². The van der Waals surface area contributed by atoms with Gasteiger partial charge >= 0.3 is 0 Å². The molecule has 0 aromatic rings. The quantitative estimate of drug-likeness (QED) is 0.648. The highest BCUT2D eigenvalue weighted by Crippen LogP contribution is 2.29. The fraction of sp³-hybridized carbons (Fsp3) is 1.00. The molecule has 13 heavy (non-hydrogen) atoms. The number of rotatable bonds is 4. The molecule has 0 bridgehead atoms. The lowest BCUT2D eigenvalue weighted by Gasteiger charge is -2.27. The minimum absolute atomic E-state index is 0.455. The molecular formula is C10H20N2O. The van der Waals surface area contributed by atoms with Crippen molar-refractivity contribution in [1.82, 2.24) is 10.2 Å². The second kappa shape index (κ2) is 3.56. The molecule has 0 amide bonds. The molecule has 1 saturated heterocycles. The van der Waals surface area contributed by atoms with Crippen molar-refractivity contribution in [1.29, 1.82) is 0 Å². The van der Waals surface area contributed by atoms with Crippen LogP contribution < -0.4 is 5.32 Å². The van der Waals surface area contributed by atoms with E-state index < -0.39 is 5.60 Å². The largest absolute Gasteiger partial charge is 0.387 e. The average molecular weight is 184 g/mol. The van der Waals surface area contributed by atoms with E-state index in [9.17, 15) is 5.11 Å². The molecular weight excluding hydrogens is 164 g/mol. The van der Waals surface area contributed by atoms with Crippen molar-refractivity contribution in [2.45, 2.75) is 24.9 Å². The maximum atomic E-state index is 10.1. The molecule has 2 N–H and O–H groups in total. The molecule has 76 valence electrons. The van der Waals surface area contributed by atoms with Gasteiger partial charge in [-0.1, -0.05) is 0 Å². The number of aliphatic hydroxyl groups is 1. The van der Waals surface area contributed by atoms with Crippen molar-refractivity contribution in [3.8, 4) is 0 Å². The van der Waals surface area contributed by atoms with Crippen LogP contribution in [0.1, 0.15) is 19.3 Å². The molecule has 0 radical (unpaired) electrons. The van der Waals surface area contributed by atoms with E-state index in [1.807, 2.05) is 0 Å². The number of β-amino-alcohol motifs (C(OH)–C–C–N with tert-alkyl or cyclic N) is 1. The van der Waals surface area contributed by atoms with E-state index in [4.69, 9.17) is 0 Å². The molecule has 0 aromatic heterocycles. The standard InChI is InChI=1S/C10H20N2O/c1-12(6-9-2-3-9)8-10(13)4-5-11-7-10/h9,11,13H,2-8H2,1H3. The smallest absolute Gasteiger partial charge is 0.0909 e. The van der Waals surface area contributed by atoms with Crippen molar-refractivity contribution < 1.29 is 5.11 Å². The molecule has 1 heterocycles. The van der Waals surface area contributed by atoms with E-state index >= 15 is 0 Å². The Bertz CT molecular complexity index is 174. The molecule has 2 aliphatic rings. The highest BCUT2D eigenvalue weighted by Gasteiger charge is 2.33. The number of nitrogens with one attached hydrogen (secondary N) is 1. The van der Waals surface area contributed by atoms with Gasteiger partial charge in [-0.3, -0.25) is 0 Å². The summed E-state index contributed by atoms with van der Waals surface area (Å²) in [6.45, 7) is 3.73. The number of nitrogens with zero attached hydrogens (tertiary/aromatic N) is 1. The molecule has 3 nitrogen and oxygen atoms in total. The van der Waals surface area contributed by atoms with Crippen LogP contribution in [0, 0.1) is 5.92 Å². The molecule has 1 saturated carbocycles. The van der Waals surface area contributed by atoms with Crippen LogP contribution in [0.25, 0.3) is 0 Å². The Labute approximate surface area is 80.1 Å². The van der Waals surface area contributed by atoms with E-state index in [0.29, 0.717) is 0 Å². The molecule has 3 heteroatoms. The van der Waals surface area contributed by atoms with Gasteiger partial charge in [0.25, 0.3) is 0 Å². The Morgan fingerprint density at radius 1 is 1.54 bits per heavy atom. The fourth-order valence-electron chi connectivity index (χ4n) is 2.17. The topological polar surface area (TPSA) is 35.5 Å². The van der Waals surface area contributed by atoms with Gasteiger partial charge in [0.15, 0.2) is 0 Å². The first-order valence-corrected chi connectivity index (χ1v) is 5.30. The predicted molar refractivity (Wildman–Crippen MR) is 52.7 cm³/mol. The van der Waals surface area contributed by atoms with E-state index in [-0.39, 0.29) is 0 Å². The van der Waals surface area contributed by atoms with Crippen LogP contribution in [0.4, 0.5) is 0 Å². The summed E-state index contributed by atoms with van der Waals surface area (Å²) < 4.78 is 0. The first-order chi connectivity index (χ1) is 6.18. The lowest BCUT2D eigenvalue weighted by molar-refractivity contribution is 0.0273. The van der Waals surface area contributed by atoms with Gasteiger partial charge < -0.3 is 15.3 Å². The van der Waals surface area contributed by atoms with E-state index in [1.54, 1.807) is 0 Å². The zero-order valence-corrected chi connectivity index (χ0v) is 8.42. The van der Waals surface area contributed by atoms with Crippen LogP contribution in [0.5, 0.6) is 0 Å². The Balaban J connectivity index is 1.74. The van der Waals surface area contributed by atoms with Crippen LogP contribution >= 0.6 is 0 Å². The Morgan fingerprint density at radius 2 is 2.31 bits per heavy atom. The molecule has 0 aromatic carbocycles. The third-order valence-corrected chi connectivity index (χ3v) is 3.05. The van der Waals surface area contributed by atoms with Crippen LogP contribution in [-0.4, -0.2) is 48.8 Å². The third-order valence-electron chi connectivity index (χ3n) is 3.05. The highest BCUT2D eigenvalue weighted by atomic mass is 16.3. The van der Waals surface area contributed by atoms with Gasteiger partial charge in [0, 0.05) is 19.6 Å². The summed E-state index contributed by atoms with van der Waals surface area (Å²) in [7, 11) is 2.12. The lowest BCUT2D eigenvalue weighted by Crippen LogP contribution is -2.43. The van der Waals surface area contributed by atoms with Crippen molar-refractivity contribution in [3.05, 3.63) is 0 Å². The normalized spacial score (nSPS) is 34.4. The highest BCUT2D eigenvalue weighted by molar-refractivity contribution is 4.90. The molecule has 1 unspecified atom stereocenters. The van der Waals surface area contributed by atoms with Gasteiger partial charge in [-0.15, -0.1) is 0 Å². The van der Waals surface area contributed by atoms with Crippen molar-refractivity contribution in [2.75, 3.05) is 33.2 Å². The second-order valence-electron chi connectivity index (χ2n) is 4.79. The summed E-state index contributed by atoms with van der Waals surface area (Å²) in [5.74, 6) is 0.919. The van der Waals surface area contributed by atoms with Gasteiger partial charge in [-0.25, -0.2) is 0 Å². The van der Waals surface area contributed by atoms with Crippen LogP contribution in [0.3, 0.4) is 0 Å². The SMILES string of the molecule is CN(CC1CC1)CC1(O)CCNC1. The zero-order valence-electron chi connectivity index (χ0n) is 8.42. The van der Waals surface area contributed by atoms with Crippen molar-refractivity contribution >= 4 is 0 Å². The van der Waals surface area contributed by atoms with Crippen LogP contribution in [0.2, 0.25) is 0 Å². The number of hydrogen-bond acceptors (Lipinski definition) is 3. The van der Waals surface area contributed by atoms with Crippen LogP contribution in [-0.2, 0) is 0 Å². The average Bonchev–Trinajstić information content (AvgIpc) is 2.74. The fourth-order valence-corrected chi connectivity index (χ4v) is 2.17. The van der Waals surface area contributed by atoms with Gasteiger partial charge in [0.2, 0.25) is 0 Å². The zero-order chi connectivity index (χ0) is 9.31. The Morgan fingerprint density at radius 3 is 2.85 bits per heavy atom. The maximum Gasteiger partial charge on any atom is 0.0909 e. The van der Waals surface area contributed by atoms with Gasteiger partial charge in [-0.05, 0) is 38.8 Å². The first-order valence-electron chi connectivity index (χ1n) is 5.30. The molecule has 1 aliphatic heterocycles. The first kappa shape index (κ1) is 9.44. The maximum absolute atomic E-state index is 10.1. The summed E-state index contributed by atoms with van der Waals surface area (Å²) in [5.41, 5.74) is -0.455. The molecule has 1 atom stereocenters. The summed E-state index contributed by atoms with van der Waals surface area (Å²) in [4.78, 5) is 2.28. The van der Waals surface area contributed by atoms with Gasteiger partial charge in [0.1, 0.15) is 0 Å². The molecule has 0 spiro atoms. The summed E-state index contributed by atoms with van der Waals surface area (Å²) in [6, 6.07) is 0. The van der Waals surface area contributed by atoms with E-state index in [1.165, 1.54) is 19.4 Å². The van der Waals surface area contributed by atoms with Gasteiger partial charge in [0.05, 0.1) is 5.60 Å². The number of hydrogen-bond donors (Lipinski definition) is 2. The minimum atomic E-state index is -0.455. The molecule has 2 rings (SSSR count).